The van der Waals surface area contributed by atoms with E-state index >= 15 is 0 Å². The molecule has 3 aromatic rings. The van der Waals surface area contributed by atoms with Crippen LogP contribution < -0.4 is 0 Å². The average molecular weight is 476 g/mol. The average Bonchev–Trinajstić information content (AvgIpc) is 3.42. The number of hydrogen-bond donors (Lipinski definition) is 0. The number of halogens is 1. The fourth-order valence-electron chi connectivity index (χ4n) is 4.42. The summed E-state index contributed by atoms with van der Waals surface area (Å²) in [4.78, 5) is 16.7. The zero-order chi connectivity index (χ0) is 22.3. The van der Waals surface area contributed by atoms with E-state index in [1.165, 1.54) is 16.4 Å². The van der Waals surface area contributed by atoms with Crippen molar-refractivity contribution in [3.63, 3.8) is 0 Å². The van der Waals surface area contributed by atoms with Crippen molar-refractivity contribution in [2.24, 2.45) is 0 Å². The summed E-state index contributed by atoms with van der Waals surface area (Å²) in [7, 11) is -3.68. The molecule has 2 saturated heterocycles. The Bertz CT molecular complexity index is 1240. The second-order valence-corrected chi connectivity index (χ2v) is 10.5. The third-order valence-electron chi connectivity index (χ3n) is 6.14. The lowest BCUT2D eigenvalue weighted by atomic mass is 10.1. The van der Waals surface area contributed by atoms with Gasteiger partial charge in [-0.1, -0.05) is 18.2 Å². The standard InChI is InChI=1S/C21H22FN5O3S2/c22-16-6-4-15(5-7-16)14-25-12-13-27(21(25)28)17-8-10-26(11-9-17)32(29,30)19-3-1-2-18-20(19)24-31-23-18/h1-7,17H,8-14H2. The van der Waals surface area contributed by atoms with Crippen LogP contribution in [0.1, 0.15) is 18.4 Å². The molecule has 2 aliphatic heterocycles. The van der Waals surface area contributed by atoms with Gasteiger partial charge in [-0.15, -0.1) is 0 Å². The van der Waals surface area contributed by atoms with Crippen molar-refractivity contribution in [2.45, 2.75) is 30.3 Å². The van der Waals surface area contributed by atoms with Gasteiger partial charge in [-0.2, -0.15) is 13.1 Å². The molecule has 2 amide bonds. The van der Waals surface area contributed by atoms with E-state index in [-0.39, 0.29) is 22.8 Å². The number of nitrogens with zero attached hydrogens (tertiary/aromatic N) is 5. The van der Waals surface area contributed by atoms with E-state index < -0.39 is 10.0 Å². The minimum Gasteiger partial charge on any atom is -0.320 e. The van der Waals surface area contributed by atoms with Crippen LogP contribution >= 0.6 is 11.7 Å². The number of rotatable bonds is 5. The van der Waals surface area contributed by atoms with Gasteiger partial charge in [-0.3, -0.25) is 0 Å². The lowest BCUT2D eigenvalue weighted by molar-refractivity contribution is 0.153. The Kier molecular flexibility index (Phi) is 5.56. The number of benzene rings is 2. The van der Waals surface area contributed by atoms with E-state index in [1.54, 1.807) is 35.2 Å². The maximum absolute atomic E-state index is 13.2. The van der Waals surface area contributed by atoms with Crippen molar-refractivity contribution in [1.29, 1.82) is 0 Å². The summed E-state index contributed by atoms with van der Waals surface area (Å²) in [6, 6.07) is 11.1. The van der Waals surface area contributed by atoms with Gasteiger partial charge in [0.2, 0.25) is 10.0 Å². The summed E-state index contributed by atoms with van der Waals surface area (Å²) < 4.78 is 49.3. The lowest BCUT2D eigenvalue weighted by Gasteiger charge is -2.35. The quantitative estimate of drug-likeness (QED) is 0.566. The molecule has 1 aromatic heterocycles. The van der Waals surface area contributed by atoms with Crippen LogP contribution in [-0.4, -0.2) is 69.5 Å². The molecule has 3 heterocycles. The van der Waals surface area contributed by atoms with E-state index in [4.69, 9.17) is 0 Å². The Morgan fingerprint density at radius 2 is 1.75 bits per heavy atom. The monoisotopic (exact) mass is 475 g/mol. The van der Waals surface area contributed by atoms with E-state index in [0.717, 1.165) is 17.3 Å². The first-order chi connectivity index (χ1) is 15.4. The summed E-state index contributed by atoms with van der Waals surface area (Å²) in [5, 5.41) is 0. The molecule has 8 nitrogen and oxygen atoms in total. The molecule has 0 radical (unpaired) electrons. The highest BCUT2D eigenvalue weighted by atomic mass is 32.2. The summed E-state index contributed by atoms with van der Waals surface area (Å²) in [5.74, 6) is -0.299. The van der Waals surface area contributed by atoms with Crippen molar-refractivity contribution in [3.05, 3.63) is 53.8 Å². The van der Waals surface area contributed by atoms with Crippen LogP contribution in [0.15, 0.2) is 47.4 Å². The van der Waals surface area contributed by atoms with Gasteiger partial charge < -0.3 is 9.80 Å². The van der Waals surface area contributed by atoms with Gasteiger partial charge in [0.25, 0.3) is 0 Å². The third kappa shape index (κ3) is 3.84. The number of fused-ring (bicyclic) bond motifs is 1. The van der Waals surface area contributed by atoms with Crippen molar-refractivity contribution in [1.82, 2.24) is 22.9 Å². The highest BCUT2D eigenvalue weighted by Gasteiger charge is 2.38. The number of piperidine rings is 1. The van der Waals surface area contributed by atoms with Gasteiger partial charge in [0.1, 0.15) is 21.7 Å². The fraction of sp³-hybridized carbons (Fsp3) is 0.381. The van der Waals surface area contributed by atoms with Gasteiger partial charge >= 0.3 is 6.03 Å². The Labute approximate surface area is 189 Å². The molecule has 2 aliphatic rings. The molecule has 168 valence electrons. The van der Waals surface area contributed by atoms with E-state index in [9.17, 15) is 17.6 Å². The second-order valence-electron chi connectivity index (χ2n) is 8.05. The van der Waals surface area contributed by atoms with Crippen LogP contribution in [-0.2, 0) is 16.6 Å². The topological polar surface area (TPSA) is 86.7 Å². The molecule has 0 spiro atoms. The van der Waals surface area contributed by atoms with Crippen LogP contribution in [0.2, 0.25) is 0 Å². The minimum absolute atomic E-state index is 0.00361. The van der Waals surface area contributed by atoms with E-state index in [2.05, 4.69) is 8.75 Å². The molecule has 0 atom stereocenters. The van der Waals surface area contributed by atoms with Crippen LogP contribution in [0.3, 0.4) is 0 Å². The maximum atomic E-state index is 13.2. The summed E-state index contributed by atoms with van der Waals surface area (Å²) >= 11 is 0.998. The Balaban J connectivity index is 1.23. The fourth-order valence-corrected chi connectivity index (χ4v) is 6.64. The number of amides is 2. The lowest BCUT2D eigenvalue weighted by Crippen LogP contribution is -2.48. The first kappa shape index (κ1) is 21.2. The van der Waals surface area contributed by atoms with Gasteiger partial charge in [0.05, 0.1) is 11.7 Å². The molecule has 11 heteroatoms. The molecule has 0 saturated carbocycles. The molecule has 0 unspecified atom stereocenters. The zero-order valence-electron chi connectivity index (χ0n) is 17.2. The Morgan fingerprint density at radius 1 is 1.00 bits per heavy atom. The smallest absolute Gasteiger partial charge is 0.320 e. The molecule has 2 aromatic carbocycles. The Hall–Kier alpha value is -2.63. The van der Waals surface area contributed by atoms with Gasteiger partial charge in [-0.05, 0) is 42.7 Å². The molecular formula is C21H22FN5O3S2. The predicted molar refractivity (Wildman–Crippen MR) is 118 cm³/mol. The summed E-state index contributed by atoms with van der Waals surface area (Å²) in [5.41, 5.74) is 1.87. The SMILES string of the molecule is O=C1N(Cc2ccc(F)cc2)CCN1C1CCN(S(=O)(=O)c2cccc3nsnc23)CC1. The van der Waals surface area contributed by atoms with Crippen LogP contribution in [0.5, 0.6) is 0 Å². The second kappa shape index (κ2) is 8.38. The molecule has 0 N–H and O–H groups in total. The number of carbonyl (C=O) groups excluding carboxylic acids is 1. The predicted octanol–water partition coefficient (Wildman–Crippen LogP) is 2.92. The minimum atomic E-state index is -3.68. The number of carbonyl (C=O) groups is 1. The molecule has 32 heavy (non-hydrogen) atoms. The molecule has 2 fully saturated rings. The van der Waals surface area contributed by atoms with E-state index in [1.807, 2.05) is 4.90 Å². The molecule has 5 rings (SSSR count). The first-order valence-electron chi connectivity index (χ1n) is 10.4. The summed E-state index contributed by atoms with van der Waals surface area (Å²) in [6.45, 7) is 2.36. The number of aromatic nitrogens is 2. The molecular weight excluding hydrogens is 453 g/mol. The van der Waals surface area contributed by atoms with Crippen molar-refractivity contribution in [3.8, 4) is 0 Å². The highest BCUT2D eigenvalue weighted by Crippen LogP contribution is 2.29. The molecule has 0 bridgehead atoms. The van der Waals surface area contributed by atoms with Gasteiger partial charge in [0.15, 0.2) is 0 Å². The molecule has 0 aliphatic carbocycles. The van der Waals surface area contributed by atoms with E-state index in [0.29, 0.717) is 56.6 Å². The highest BCUT2D eigenvalue weighted by molar-refractivity contribution is 7.89. The normalized spacial score (nSPS) is 18.7. The van der Waals surface area contributed by atoms with Crippen LogP contribution in [0.4, 0.5) is 9.18 Å². The van der Waals surface area contributed by atoms with Crippen molar-refractivity contribution >= 4 is 38.8 Å². The summed E-state index contributed by atoms with van der Waals surface area (Å²) in [6.07, 6.45) is 1.17. The van der Waals surface area contributed by atoms with Crippen LogP contribution in [0.25, 0.3) is 11.0 Å². The Morgan fingerprint density at radius 3 is 2.50 bits per heavy atom. The largest absolute Gasteiger partial charge is 0.320 e. The number of sulfonamides is 1. The van der Waals surface area contributed by atoms with Crippen molar-refractivity contribution in [2.75, 3.05) is 26.2 Å². The first-order valence-corrected chi connectivity index (χ1v) is 12.6. The van der Waals surface area contributed by atoms with Gasteiger partial charge in [0, 0.05) is 38.8 Å². The van der Waals surface area contributed by atoms with Gasteiger partial charge in [-0.25, -0.2) is 17.6 Å². The number of hydrogen-bond acceptors (Lipinski definition) is 6. The third-order valence-corrected chi connectivity index (χ3v) is 8.62. The maximum Gasteiger partial charge on any atom is 0.320 e. The van der Waals surface area contributed by atoms with Crippen molar-refractivity contribution < 1.29 is 17.6 Å². The van der Waals surface area contributed by atoms with Crippen LogP contribution in [0, 0.1) is 5.82 Å². The number of urea groups is 1. The zero-order valence-corrected chi connectivity index (χ0v) is 18.9.